The first-order valence-electron chi connectivity index (χ1n) is 17.6. The minimum absolute atomic E-state index is 0.0745. The van der Waals surface area contributed by atoms with Crippen LogP contribution < -0.4 is 26.0 Å². The number of aromatic nitrogens is 5. The Balaban J connectivity index is 0.946. The first kappa shape index (κ1) is 34.3. The van der Waals surface area contributed by atoms with Gasteiger partial charge in [-0.05, 0) is 60.4 Å². The fourth-order valence-electron chi connectivity index (χ4n) is 7.09. The molecule has 6 aromatic rings. The Morgan fingerprint density at radius 3 is 2.69 bits per heavy atom. The minimum Gasteiger partial charge on any atom is -0.474 e. The van der Waals surface area contributed by atoms with Gasteiger partial charge in [0.2, 0.25) is 17.7 Å². The number of anilines is 2. The van der Waals surface area contributed by atoms with E-state index in [1.165, 1.54) is 0 Å². The van der Waals surface area contributed by atoms with Crippen molar-refractivity contribution in [2.45, 2.75) is 38.5 Å². The summed E-state index contributed by atoms with van der Waals surface area (Å²) in [5.41, 5.74) is 7.26. The molecule has 2 aromatic carbocycles. The molecule has 2 aliphatic heterocycles. The van der Waals surface area contributed by atoms with Gasteiger partial charge in [0.05, 0.1) is 42.5 Å². The van der Waals surface area contributed by atoms with Gasteiger partial charge in [-0.25, -0.2) is 9.78 Å². The highest BCUT2D eigenvalue weighted by Gasteiger charge is 2.30. The van der Waals surface area contributed by atoms with Crippen molar-refractivity contribution in [2.75, 3.05) is 24.6 Å². The summed E-state index contributed by atoms with van der Waals surface area (Å²) in [6.45, 7) is 5.31. The summed E-state index contributed by atoms with van der Waals surface area (Å²) in [6.07, 6.45) is 5.51. The maximum absolute atomic E-state index is 12.9. The average molecular weight is 725 g/mol. The van der Waals surface area contributed by atoms with Crippen molar-refractivity contribution in [1.82, 2.24) is 34.7 Å². The highest BCUT2D eigenvalue weighted by atomic mass is 16.5. The molecule has 2 N–H and O–H groups in total. The third kappa shape index (κ3) is 6.13. The van der Waals surface area contributed by atoms with Gasteiger partial charge in [-0.1, -0.05) is 25.7 Å². The number of hydrogen-bond acceptors (Lipinski definition) is 10. The van der Waals surface area contributed by atoms with Crippen LogP contribution in [-0.2, 0) is 23.7 Å². The molecule has 54 heavy (non-hydrogen) atoms. The molecule has 1 unspecified atom stereocenters. The number of aryl methyl sites for hydroxylation is 2. The van der Waals surface area contributed by atoms with Gasteiger partial charge < -0.3 is 19.4 Å². The zero-order valence-corrected chi connectivity index (χ0v) is 30.1. The van der Waals surface area contributed by atoms with Crippen LogP contribution in [0.5, 0.6) is 5.88 Å². The number of hydrogen-bond donors (Lipinski definition) is 2. The van der Waals surface area contributed by atoms with Crippen LogP contribution in [-0.4, -0.2) is 61.5 Å². The Bertz CT molecular complexity index is 2620. The molecule has 1 saturated heterocycles. The number of imidazole rings is 1. The molecule has 4 aromatic heterocycles. The largest absolute Gasteiger partial charge is 0.474 e. The van der Waals surface area contributed by atoms with Crippen molar-refractivity contribution < 1.29 is 23.5 Å². The van der Waals surface area contributed by atoms with Gasteiger partial charge >= 0.3 is 5.69 Å². The normalized spacial score (nSPS) is 15.5. The van der Waals surface area contributed by atoms with Crippen LogP contribution >= 0.6 is 0 Å². The summed E-state index contributed by atoms with van der Waals surface area (Å²) in [7, 11) is 3.58. The van der Waals surface area contributed by atoms with Crippen LogP contribution in [0.1, 0.15) is 65.7 Å². The highest BCUT2D eigenvalue weighted by molar-refractivity contribution is 6.03. The van der Waals surface area contributed by atoms with E-state index in [0.717, 1.165) is 27.7 Å². The number of furan rings is 1. The molecule has 1 fully saturated rings. The topological polar surface area (TPSA) is 166 Å². The molecule has 272 valence electrons. The zero-order valence-electron chi connectivity index (χ0n) is 30.1. The summed E-state index contributed by atoms with van der Waals surface area (Å²) in [6, 6.07) is 12.9. The Hall–Kier alpha value is -6.75. The van der Waals surface area contributed by atoms with Gasteiger partial charge in [-0.15, -0.1) is 0 Å². The lowest BCUT2D eigenvalue weighted by molar-refractivity contribution is -0.134. The molecule has 1 atom stereocenters. The number of benzene rings is 2. The number of ether oxygens (including phenoxy) is 1. The molecule has 0 spiro atoms. The molecular weight excluding hydrogens is 688 g/mol. The molecule has 0 radical (unpaired) electrons. The van der Waals surface area contributed by atoms with E-state index in [4.69, 9.17) is 14.1 Å². The second-order valence-corrected chi connectivity index (χ2v) is 13.7. The van der Waals surface area contributed by atoms with E-state index >= 15 is 0 Å². The lowest BCUT2D eigenvalue weighted by Crippen LogP contribution is -2.39. The minimum atomic E-state index is -0.471. The van der Waals surface area contributed by atoms with Crippen LogP contribution in [0, 0.1) is 11.8 Å². The second-order valence-electron chi connectivity index (χ2n) is 13.7. The van der Waals surface area contributed by atoms with Crippen molar-refractivity contribution >= 4 is 51.1 Å². The van der Waals surface area contributed by atoms with Crippen molar-refractivity contribution in [1.29, 1.82) is 0 Å². The number of carbonyl (C=O) groups excluding carboxylic acids is 3. The summed E-state index contributed by atoms with van der Waals surface area (Å²) in [5.74, 6) is 5.56. The molecule has 0 aliphatic carbocycles. The van der Waals surface area contributed by atoms with Crippen LogP contribution in [0.15, 0.2) is 70.3 Å². The first-order chi connectivity index (χ1) is 26.1. The van der Waals surface area contributed by atoms with Crippen LogP contribution in [0.2, 0.25) is 0 Å². The van der Waals surface area contributed by atoms with Gasteiger partial charge in [0, 0.05) is 54.5 Å². The third-order valence-electron chi connectivity index (χ3n) is 9.93. The van der Waals surface area contributed by atoms with Gasteiger partial charge in [0.15, 0.2) is 5.82 Å². The highest BCUT2D eigenvalue weighted by Crippen LogP contribution is 2.39. The van der Waals surface area contributed by atoms with Gasteiger partial charge in [-0.3, -0.25) is 33.8 Å². The zero-order chi connectivity index (χ0) is 37.7. The van der Waals surface area contributed by atoms with Crippen LogP contribution in [0.4, 0.5) is 11.4 Å². The van der Waals surface area contributed by atoms with Gasteiger partial charge in [-0.2, -0.15) is 4.98 Å². The predicted molar refractivity (Wildman–Crippen MR) is 201 cm³/mol. The Morgan fingerprint density at radius 1 is 1.06 bits per heavy atom. The summed E-state index contributed by atoms with van der Waals surface area (Å²) in [5, 5.41) is 5.92. The van der Waals surface area contributed by atoms with E-state index in [1.807, 2.05) is 12.1 Å². The number of rotatable bonds is 6. The molecule has 2 aliphatic rings. The Morgan fingerprint density at radius 2 is 1.91 bits per heavy atom. The van der Waals surface area contributed by atoms with E-state index in [1.54, 1.807) is 66.2 Å². The number of carbonyl (C=O) groups is 3. The Labute approximate surface area is 309 Å². The number of amides is 3. The average Bonchev–Trinajstić information content (AvgIpc) is 3.69. The van der Waals surface area contributed by atoms with E-state index in [-0.39, 0.29) is 48.0 Å². The van der Waals surface area contributed by atoms with Crippen LogP contribution in [0.25, 0.3) is 33.4 Å². The fraction of sp³-hybridized carbons (Fsp3) is 0.275. The molecule has 14 heteroatoms. The van der Waals surface area contributed by atoms with E-state index < -0.39 is 5.92 Å². The van der Waals surface area contributed by atoms with E-state index in [2.05, 4.69) is 57.3 Å². The molecule has 3 amide bonds. The quantitative estimate of drug-likeness (QED) is 0.185. The third-order valence-corrected chi connectivity index (χ3v) is 9.93. The summed E-state index contributed by atoms with van der Waals surface area (Å²) < 4.78 is 15.0. The van der Waals surface area contributed by atoms with Gasteiger partial charge in [0.1, 0.15) is 23.6 Å². The predicted octanol–water partition coefficient (Wildman–Crippen LogP) is 4.43. The molecule has 6 heterocycles. The number of nitrogens with one attached hydrogen (secondary N) is 2. The van der Waals surface area contributed by atoms with Crippen molar-refractivity contribution in [3.8, 4) is 29.1 Å². The van der Waals surface area contributed by atoms with Crippen molar-refractivity contribution in [3.63, 3.8) is 0 Å². The van der Waals surface area contributed by atoms with Crippen molar-refractivity contribution in [2.24, 2.45) is 14.1 Å². The maximum Gasteiger partial charge on any atom is 0.328 e. The smallest absolute Gasteiger partial charge is 0.328 e. The van der Waals surface area contributed by atoms with Crippen molar-refractivity contribution in [3.05, 3.63) is 94.0 Å². The maximum atomic E-state index is 12.9. The number of fused-ring (bicyclic) bond motifs is 3. The second kappa shape index (κ2) is 13.7. The standard InChI is InChI=1S/C40H36N8O6/c1-22(2)27-17-25(18-31-35(27)47(4)40(52)46(31)3)48-14-15-53-39-32(48)20-43-36(45-39)24-8-10-30(42-19-24)38(51)41-13-5-6-23-7-11-33-28(16-23)29(21-54-33)26-9-12-34(49)44-37(26)50/h7-8,10-11,16-22,26H,9,12-15H2,1-4H3,(H,41,51)(H,44,49,50). The molecule has 8 rings (SSSR count). The number of imide groups is 1. The number of nitrogens with zero attached hydrogens (tertiary/aromatic N) is 6. The summed E-state index contributed by atoms with van der Waals surface area (Å²) in [4.78, 5) is 65.5. The van der Waals surface area contributed by atoms with Gasteiger partial charge in [0.25, 0.3) is 5.91 Å². The molecular formula is C40H36N8O6. The lowest BCUT2D eigenvalue weighted by Gasteiger charge is -2.31. The molecule has 0 bridgehead atoms. The Kier molecular flexibility index (Phi) is 8.69. The molecule has 14 nitrogen and oxygen atoms in total. The first-order valence-corrected chi connectivity index (χ1v) is 17.6. The summed E-state index contributed by atoms with van der Waals surface area (Å²) >= 11 is 0. The van der Waals surface area contributed by atoms with E-state index in [0.29, 0.717) is 59.2 Å². The fourth-order valence-corrected chi connectivity index (χ4v) is 7.09. The SMILES string of the molecule is CC(C)c1cc(N2CCOc3nc(-c4ccc(C(=O)NCC#Cc5ccc6occ(C7CCC(=O)NC7=O)c6c5)nc4)ncc32)cc2c1n(C)c(=O)n2C. The monoisotopic (exact) mass is 724 g/mol. The van der Waals surface area contributed by atoms with E-state index in [9.17, 15) is 19.2 Å². The number of pyridine rings is 1. The lowest BCUT2D eigenvalue weighted by atomic mass is 9.90. The van der Waals surface area contributed by atoms with Crippen LogP contribution in [0.3, 0.4) is 0 Å². The molecule has 0 saturated carbocycles. The number of piperidine rings is 1.